The summed E-state index contributed by atoms with van der Waals surface area (Å²) in [5.41, 5.74) is 0.490. The molecule has 0 aliphatic carbocycles. The zero-order chi connectivity index (χ0) is 26.5. The summed E-state index contributed by atoms with van der Waals surface area (Å²) >= 11 is 0.590. The van der Waals surface area contributed by atoms with Gasteiger partial charge in [0.1, 0.15) is 6.61 Å². The fourth-order valence-electron chi connectivity index (χ4n) is 3.62. The number of carbonyl (C=O) groups excluding carboxylic acids is 2. The molecule has 0 spiro atoms. The predicted molar refractivity (Wildman–Crippen MR) is 135 cm³/mol. The van der Waals surface area contributed by atoms with Crippen LogP contribution >= 0.6 is 11.8 Å². The van der Waals surface area contributed by atoms with Crippen LogP contribution in [0.4, 0.5) is 16.2 Å². The van der Waals surface area contributed by atoms with Gasteiger partial charge in [-0.05, 0) is 29.5 Å². The molecule has 0 atom stereocenters. The fraction of sp³-hybridized carbons (Fsp3) is 0.120. The molecule has 0 unspecified atom stereocenters. The summed E-state index contributed by atoms with van der Waals surface area (Å²) in [6.45, 7) is -0.158. The number of rotatable bonds is 9. The first-order valence-corrected chi connectivity index (χ1v) is 11.6. The Morgan fingerprint density at radius 1 is 0.919 bits per heavy atom. The smallest absolute Gasteiger partial charge is 0.293 e. The third-order valence-corrected chi connectivity index (χ3v) is 6.33. The Morgan fingerprint density at radius 2 is 1.59 bits per heavy atom. The Morgan fingerprint density at radius 3 is 2.27 bits per heavy atom. The number of carbonyl (C=O) groups is 2. The number of ether oxygens (including phenoxy) is 2. The van der Waals surface area contributed by atoms with Crippen LogP contribution in [0.1, 0.15) is 16.7 Å². The molecular weight excluding hydrogens is 502 g/mol. The SMILES string of the molecule is COc1cc(/C=C2\SC(=O)N(Cc3ccccc3[N+](=O)[O-])C2=O)c([N+](=O)[O-])cc1OCc1ccccc1. The molecule has 0 radical (unpaired) electrons. The van der Waals surface area contributed by atoms with Crippen molar-refractivity contribution in [2.45, 2.75) is 13.2 Å². The van der Waals surface area contributed by atoms with Crippen LogP contribution in [0.25, 0.3) is 6.08 Å². The Balaban J connectivity index is 1.63. The second-order valence-corrected chi connectivity index (χ2v) is 8.74. The number of nitro groups is 2. The van der Waals surface area contributed by atoms with Crippen molar-refractivity contribution in [3.63, 3.8) is 0 Å². The monoisotopic (exact) mass is 521 g/mol. The largest absolute Gasteiger partial charge is 0.493 e. The number of para-hydroxylation sites is 1. The number of nitrogens with zero attached hydrogens (tertiary/aromatic N) is 3. The lowest BCUT2D eigenvalue weighted by atomic mass is 10.1. The maximum atomic E-state index is 13.0. The van der Waals surface area contributed by atoms with Crippen LogP contribution in [0.2, 0.25) is 0 Å². The number of imide groups is 1. The van der Waals surface area contributed by atoms with Gasteiger partial charge in [-0.25, -0.2) is 0 Å². The number of hydrogen-bond acceptors (Lipinski definition) is 9. The Hall–Kier alpha value is -4.71. The van der Waals surface area contributed by atoms with E-state index >= 15 is 0 Å². The lowest BCUT2D eigenvalue weighted by molar-refractivity contribution is -0.385. The number of benzene rings is 3. The van der Waals surface area contributed by atoms with Gasteiger partial charge in [-0.1, -0.05) is 48.5 Å². The number of amides is 2. The van der Waals surface area contributed by atoms with Crippen LogP contribution in [0.3, 0.4) is 0 Å². The Kier molecular flexibility index (Phi) is 7.49. The molecule has 1 aliphatic heterocycles. The van der Waals surface area contributed by atoms with Crippen LogP contribution in [0, 0.1) is 20.2 Å². The molecule has 1 heterocycles. The van der Waals surface area contributed by atoms with E-state index in [0.29, 0.717) is 11.8 Å². The van der Waals surface area contributed by atoms with Crippen LogP contribution in [-0.4, -0.2) is 33.0 Å². The van der Waals surface area contributed by atoms with E-state index in [1.165, 1.54) is 43.5 Å². The molecule has 0 aromatic heterocycles. The first-order chi connectivity index (χ1) is 17.8. The van der Waals surface area contributed by atoms with Crippen LogP contribution in [0.5, 0.6) is 11.5 Å². The first kappa shape index (κ1) is 25.4. The third kappa shape index (κ3) is 5.59. The van der Waals surface area contributed by atoms with Gasteiger partial charge in [0, 0.05) is 11.6 Å². The molecule has 0 N–H and O–H groups in total. The fourth-order valence-corrected chi connectivity index (χ4v) is 4.45. The first-order valence-electron chi connectivity index (χ1n) is 10.8. The molecule has 12 heteroatoms. The highest BCUT2D eigenvalue weighted by molar-refractivity contribution is 8.18. The minimum Gasteiger partial charge on any atom is -0.493 e. The summed E-state index contributed by atoms with van der Waals surface area (Å²) in [4.78, 5) is 48.2. The molecule has 11 nitrogen and oxygen atoms in total. The minimum atomic E-state index is -0.717. The number of nitro benzene ring substituents is 2. The quantitative estimate of drug-likeness (QED) is 0.207. The van der Waals surface area contributed by atoms with E-state index in [0.717, 1.165) is 10.5 Å². The van der Waals surface area contributed by atoms with Gasteiger partial charge in [0.2, 0.25) is 0 Å². The molecule has 0 saturated carbocycles. The lowest BCUT2D eigenvalue weighted by Gasteiger charge is -2.13. The van der Waals surface area contributed by atoms with Crippen molar-refractivity contribution in [2.24, 2.45) is 0 Å². The number of hydrogen-bond donors (Lipinski definition) is 0. The van der Waals surface area contributed by atoms with E-state index in [-0.39, 0.29) is 52.1 Å². The third-order valence-electron chi connectivity index (χ3n) is 5.42. The number of thioether (sulfide) groups is 1. The molecule has 2 amide bonds. The van der Waals surface area contributed by atoms with Crippen LogP contribution < -0.4 is 9.47 Å². The van der Waals surface area contributed by atoms with Gasteiger partial charge in [-0.2, -0.15) is 0 Å². The van der Waals surface area contributed by atoms with Crippen molar-refractivity contribution in [3.05, 3.63) is 109 Å². The second-order valence-electron chi connectivity index (χ2n) is 7.75. The molecule has 3 aromatic rings. The molecule has 4 rings (SSSR count). The maximum Gasteiger partial charge on any atom is 0.293 e. The van der Waals surface area contributed by atoms with E-state index in [1.54, 1.807) is 6.07 Å². The molecule has 3 aromatic carbocycles. The van der Waals surface area contributed by atoms with Gasteiger partial charge in [0.25, 0.3) is 22.5 Å². The van der Waals surface area contributed by atoms with E-state index in [1.807, 2.05) is 30.3 Å². The topological polar surface area (TPSA) is 142 Å². The molecule has 1 saturated heterocycles. The molecule has 37 heavy (non-hydrogen) atoms. The molecule has 1 aliphatic rings. The average molecular weight is 522 g/mol. The maximum absolute atomic E-state index is 13.0. The van der Waals surface area contributed by atoms with Gasteiger partial charge >= 0.3 is 0 Å². The molecular formula is C25H19N3O8S. The predicted octanol–water partition coefficient (Wildman–Crippen LogP) is 5.33. The minimum absolute atomic E-state index is 0.0325. The lowest BCUT2D eigenvalue weighted by Crippen LogP contribution is -2.27. The van der Waals surface area contributed by atoms with E-state index in [9.17, 15) is 29.8 Å². The summed E-state index contributed by atoms with van der Waals surface area (Å²) in [6, 6.07) is 17.5. The van der Waals surface area contributed by atoms with Gasteiger partial charge < -0.3 is 9.47 Å². The zero-order valence-corrected chi connectivity index (χ0v) is 20.2. The van der Waals surface area contributed by atoms with Crippen molar-refractivity contribution in [1.29, 1.82) is 0 Å². The van der Waals surface area contributed by atoms with E-state index < -0.39 is 21.0 Å². The van der Waals surface area contributed by atoms with Gasteiger partial charge in [-0.3, -0.25) is 34.7 Å². The standard InChI is InChI=1S/C25H19N3O8S/c1-35-21-11-18(20(28(33)34)13-22(21)36-15-16-7-3-2-4-8-16)12-23-24(29)26(25(30)37-23)14-17-9-5-6-10-19(17)27(31)32/h2-13H,14-15H2,1H3/b23-12-. The normalized spacial score (nSPS) is 14.2. The van der Waals surface area contributed by atoms with Crippen molar-refractivity contribution in [2.75, 3.05) is 7.11 Å². The van der Waals surface area contributed by atoms with Crippen molar-refractivity contribution >= 4 is 40.4 Å². The Labute approximate surface area is 214 Å². The second kappa shape index (κ2) is 10.9. The summed E-state index contributed by atoms with van der Waals surface area (Å²) < 4.78 is 11.1. The van der Waals surface area contributed by atoms with Gasteiger partial charge in [-0.15, -0.1) is 0 Å². The van der Waals surface area contributed by atoms with Crippen molar-refractivity contribution in [1.82, 2.24) is 4.90 Å². The summed E-state index contributed by atoms with van der Waals surface area (Å²) in [5.74, 6) is -0.377. The summed E-state index contributed by atoms with van der Waals surface area (Å²) in [5, 5.41) is 22.5. The highest BCUT2D eigenvalue weighted by Crippen LogP contribution is 2.40. The summed E-state index contributed by atoms with van der Waals surface area (Å²) in [6.07, 6.45) is 1.23. The van der Waals surface area contributed by atoms with Gasteiger partial charge in [0.15, 0.2) is 11.5 Å². The number of methoxy groups -OCH3 is 1. The molecule has 1 fully saturated rings. The van der Waals surface area contributed by atoms with E-state index in [2.05, 4.69) is 0 Å². The van der Waals surface area contributed by atoms with Gasteiger partial charge in [0.05, 0.1) is 40.0 Å². The molecule has 188 valence electrons. The molecule has 0 bridgehead atoms. The Bertz CT molecular complexity index is 1420. The van der Waals surface area contributed by atoms with E-state index in [4.69, 9.17) is 9.47 Å². The zero-order valence-electron chi connectivity index (χ0n) is 19.4. The van der Waals surface area contributed by atoms with Crippen LogP contribution in [-0.2, 0) is 17.9 Å². The highest BCUT2D eigenvalue weighted by Gasteiger charge is 2.37. The van der Waals surface area contributed by atoms with Crippen molar-refractivity contribution < 1.29 is 28.9 Å². The average Bonchev–Trinajstić information content (AvgIpc) is 3.15. The van der Waals surface area contributed by atoms with Crippen LogP contribution in [0.15, 0.2) is 71.6 Å². The highest BCUT2D eigenvalue weighted by atomic mass is 32.2. The van der Waals surface area contributed by atoms with Crippen molar-refractivity contribution in [3.8, 4) is 11.5 Å². The summed E-state index contributed by atoms with van der Waals surface area (Å²) in [7, 11) is 1.38.